The number of halogens is 2. The van der Waals surface area contributed by atoms with Gasteiger partial charge in [-0.15, -0.1) is 0 Å². The summed E-state index contributed by atoms with van der Waals surface area (Å²) in [5.74, 6) is 0. The van der Waals surface area contributed by atoms with Crippen LogP contribution in [0.15, 0.2) is 24.3 Å². The molecule has 1 aromatic carbocycles. The zero-order chi connectivity index (χ0) is 9.19. The maximum atomic E-state index is 12.5. The van der Waals surface area contributed by atoms with Crippen LogP contribution in [-0.4, -0.2) is 6.67 Å². The molecule has 0 aliphatic heterocycles. The van der Waals surface area contributed by atoms with Crippen molar-refractivity contribution >= 4 is 11.6 Å². The third-order valence-corrected chi connectivity index (χ3v) is 2.21. The Morgan fingerprint density at radius 1 is 1.25 bits per heavy atom. The average molecular weight is 187 g/mol. The Labute approximate surface area is 77.4 Å². The SMILES string of the molecule is CC(C)(CF)c1ccc(Cl)cc1. The Hall–Kier alpha value is -0.560. The largest absolute Gasteiger partial charge is 0.250 e. The summed E-state index contributed by atoms with van der Waals surface area (Å²) < 4.78 is 12.5. The van der Waals surface area contributed by atoms with E-state index in [0.717, 1.165) is 5.56 Å². The smallest absolute Gasteiger partial charge is 0.0985 e. The summed E-state index contributed by atoms with van der Waals surface area (Å²) in [6.07, 6.45) is 0. The molecule has 66 valence electrons. The van der Waals surface area contributed by atoms with Crippen LogP contribution in [0.2, 0.25) is 5.02 Å². The van der Waals surface area contributed by atoms with Crippen molar-refractivity contribution in [3.63, 3.8) is 0 Å². The van der Waals surface area contributed by atoms with Gasteiger partial charge in [-0.2, -0.15) is 0 Å². The number of alkyl halides is 1. The van der Waals surface area contributed by atoms with Crippen LogP contribution in [0, 0.1) is 0 Å². The molecule has 0 unspecified atom stereocenters. The molecule has 0 fully saturated rings. The van der Waals surface area contributed by atoms with Crippen LogP contribution < -0.4 is 0 Å². The highest BCUT2D eigenvalue weighted by Gasteiger charge is 2.19. The second kappa shape index (κ2) is 3.44. The first-order valence-electron chi connectivity index (χ1n) is 3.88. The molecule has 1 aromatic rings. The molecule has 0 nitrogen and oxygen atoms in total. The average Bonchev–Trinajstić information content (AvgIpc) is 2.05. The molecule has 0 radical (unpaired) electrons. The third kappa shape index (κ3) is 1.98. The lowest BCUT2D eigenvalue weighted by atomic mass is 9.86. The molecule has 0 atom stereocenters. The van der Waals surface area contributed by atoms with E-state index in [9.17, 15) is 4.39 Å². The Kier molecular flexibility index (Phi) is 2.73. The van der Waals surface area contributed by atoms with E-state index in [1.54, 1.807) is 12.1 Å². The summed E-state index contributed by atoms with van der Waals surface area (Å²) in [4.78, 5) is 0. The van der Waals surface area contributed by atoms with Gasteiger partial charge in [0.05, 0.1) is 6.67 Å². The Morgan fingerprint density at radius 2 is 1.75 bits per heavy atom. The maximum absolute atomic E-state index is 12.5. The van der Waals surface area contributed by atoms with Gasteiger partial charge in [0.15, 0.2) is 0 Å². The molecule has 0 N–H and O–H groups in total. The second-order valence-corrected chi connectivity index (χ2v) is 3.96. The lowest BCUT2D eigenvalue weighted by Gasteiger charge is -2.20. The molecule has 12 heavy (non-hydrogen) atoms. The summed E-state index contributed by atoms with van der Waals surface area (Å²) in [6.45, 7) is 3.39. The van der Waals surface area contributed by atoms with Crippen molar-refractivity contribution in [2.24, 2.45) is 0 Å². The van der Waals surface area contributed by atoms with Gasteiger partial charge in [0, 0.05) is 10.4 Å². The molecule has 2 heteroatoms. The quantitative estimate of drug-likeness (QED) is 0.662. The minimum absolute atomic E-state index is 0.353. The van der Waals surface area contributed by atoms with Gasteiger partial charge in [0.2, 0.25) is 0 Å². The molecule has 0 amide bonds. The first-order valence-corrected chi connectivity index (χ1v) is 4.26. The molecule has 0 saturated heterocycles. The monoisotopic (exact) mass is 186 g/mol. The zero-order valence-corrected chi connectivity index (χ0v) is 8.03. The van der Waals surface area contributed by atoms with Crippen LogP contribution in [-0.2, 0) is 5.41 Å². The van der Waals surface area contributed by atoms with E-state index in [1.807, 2.05) is 26.0 Å². The highest BCUT2D eigenvalue weighted by Crippen LogP contribution is 2.24. The van der Waals surface area contributed by atoms with Gasteiger partial charge in [0.25, 0.3) is 0 Å². The summed E-state index contributed by atoms with van der Waals surface area (Å²) in [7, 11) is 0. The number of benzene rings is 1. The predicted octanol–water partition coefficient (Wildman–Crippen LogP) is 3.59. The molecule has 0 saturated carbocycles. The summed E-state index contributed by atoms with van der Waals surface area (Å²) in [5.41, 5.74) is 0.583. The van der Waals surface area contributed by atoms with Gasteiger partial charge in [0.1, 0.15) is 0 Å². The van der Waals surface area contributed by atoms with Crippen molar-refractivity contribution in [3.8, 4) is 0 Å². The van der Waals surface area contributed by atoms with Crippen LogP contribution in [0.3, 0.4) is 0 Å². The highest BCUT2D eigenvalue weighted by molar-refractivity contribution is 6.30. The molecule has 0 aromatic heterocycles. The maximum Gasteiger partial charge on any atom is 0.0985 e. The highest BCUT2D eigenvalue weighted by atomic mass is 35.5. The van der Waals surface area contributed by atoms with Crippen LogP contribution in [0.5, 0.6) is 0 Å². The van der Waals surface area contributed by atoms with Crippen molar-refractivity contribution in [2.45, 2.75) is 19.3 Å². The van der Waals surface area contributed by atoms with E-state index in [-0.39, 0.29) is 6.67 Å². The zero-order valence-electron chi connectivity index (χ0n) is 7.27. The minimum Gasteiger partial charge on any atom is -0.250 e. The van der Waals surface area contributed by atoms with E-state index < -0.39 is 5.41 Å². The third-order valence-electron chi connectivity index (χ3n) is 1.96. The van der Waals surface area contributed by atoms with E-state index >= 15 is 0 Å². The van der Waals surface area contributed by atoms with Crippen LogP contribution >= 0.6 is 11.6 Å². The molecule has 0 spiro atoms. The van der Waals surface area contributed by atoms with Gasteiger partial charge in [-0.1, -0.05) is 37.6 Å². The van der Waals surface area contributed by atoms with Gasteiger partial charge in [-0.05, 0) is 17.7 Å². The topological polar surface area (TPSA) is 0 Å². The molecule has 0 aliphatic carbocycles. The van der Waals surface area contributed by atoms with Gasteiger partial charge >= 0.3 is 0 Å². The Morgan fingerprint density at radius 3 is 2.17 bits per heavy atom. The second-order valence-electron chi connectivity index (χ2n) is 3.52. The first kappa shape index (κ1) is 9.53. The number of hydrogen-bond acceptors (Lipinski definition) is 0. The normalized spacial score (nSPS) is 11.7. The van der Waals surface area contributed by atoms with Crippen molar-refractivity contribution in [1.29, 1.82) is 0 Å². The van der Waals surface area contributed by atoms with E-state index in [4.69, 9.17) is 11.6 Å². The van der Waals surface area contributed by atoms with Crippen molar-refractivity contribution in [2.75, 3.05) is 6.67 Å². The van der Waals surface area contributed by atoms with Crippen molar-refractivity contribution < 1.29 is 4.39 Å². The van der Waals surface area contributed by atoms with Crippen molar-refractivity contribution in [1.82, 2.24) is 0 Å². The molecular weight excluding hydrogens is 175 g/mol. The van der Waals surface area contributed by atoms with Crippen molar-refractivity contribution in [3.05, 3.63) is 34.9 Å². The fourth-order valence-corrected chi connectivity index (χ4v) is 1.10. The van der Waals surface area contributed by atoms with Crippen LogP contribution in [0.4, 0.5) is 4.39 Å². The fraction of sp³-hybridized carbons (Fsp3) is 0.400. The molecular formula is C10H12ClF. The van der Waals surface area contributed by atoms with Gasteiger partial charge < -0.3 is 0 Å². The van der Waals surface area contributed by atoms with E-state index in [1.165, 1.54) is 0 Å². The number of hydrogen-bond donors (Lipinski definition) is 0. The summed E-state index contributed by atoms with van der Waals surface area (Å²) in [5, 5.41) is 0.688. The van der Waals surface area contributed by atoms with Crippen LogP contribution in [0.25, 0.3) is 0 Å². The summed E-state index contributed by atoms with van der Waals surface area (Å²) >= 11 is 5.71. The minimum atomic E-state index is -0.398. The lowest BCUT2D eigenvalue weighted by Crippen LogP contribution is -2.19. The fourth-order valence-electron chi connectivity index (χ4n) is 0.978. The van der Waals surface area contributed by atoms with Gasteiger partial charge in [-0.25, -0.2) is 0 Å². The molecule has 0 bridgehead atoms. The Bertz CT molecular complexity index is 251. The first-order chi connectivity index (χ1) is 5.56. The standard InChI is InChI=1S/C10H12ClF/c1-10(2,7-12)8-3-5-9(11)6-4-8/h3-6H,7H2,1-2H3. The molecule has 0 heterocycles. The molecule has 0 aliphatic rings. The Balaban J connectivity index is 2.96. The van der Waals surface area contributed by atoms with E-state index in [0.29, 0.717) is 5.02 Å². The molecule has 1 rings (SSSR count). The van der Waals surface area contributed by atoms with E-state index in [2.05, 4.69) is 0 Å². The van der Waals surface area contributed by atoms with Crippen LogP contribution in [0.1, 0.15) is 19.4 Å². The van der Waals surface area contributed by atoms with Gasteiger partial charge in [-0.3, -0.25) is 4.39 Å². The predicted molar refractivity (Wildman–Crippen MR) is 50.5 cm³/mol. The lowest BCUT2D eigenvalue weighted by molar-refractivity contribution is 0.351. The number of rotatable bonds is 2. The summed E-state index contributed by atoms with van der Waals surface area (Å²) in [6, 6.07) is 7.30.